The van der Waals surface area contributed by atoms with Crippen molar-refractivity contribution in [3.63, 3.8) is 0 Å². The van der Waals surface area contributed by atoms with Gasteiger partial charge in [0.15, 0.2) is 0 Å². The average Bonchev–Trinajstić information content (AvgIpc) is 3.05. The van der Waals surface area contributed by atoms with E-state index < -0.39 is 0 Å². The Morgan fingerprint density at radius 2 is 1.90 bits per heavy atom. The fourth-order valence-corrected chi connectivity index (χ4v) is 2.19. The standard InChI is InChI=1S/C16H20N2O3/c1-21-14-7-4-13(5-8-14)6-9-15(19)17-12-16(20)18-10-2-3-11-18/h4-9H,2-3,10-12H2,1H3,(H,17,19). The summed E-state index contributed by atoms with van der Waals surface area (Å²) in [5.41, 5.74) is 0.900. The maximum Gasteiger partial charge on any atom is 0.244 e. The van der Waals surface area contributed by atoms with Gasteiger partial charge in [0, 0.05) is 19.2 Å². The Hall–Kier alpha value is -2.30. The number of nitrogens with zero attached hydrogens (tertiary/aromatic N) is 1. The Labute approximate surface area is 124 Å². The Morgan fingerprint density at radius 1 is 1.24 bits per heavy atom. The van der Waals surface area contributed by atoms with E-state index >= 15 is 0 Å². The van der Waals surface area contributed by atoms with Crippen LogP contribution in [0.15, 0.2) is 30.3 Å². The van der Waals surface area contributed by atoms with Gasteiger partial charge in [-0.25, -0.2) is 0 Å². The molecule has 2 amide bonds. The summed E-state index contributed by atoms with van der Waals surface area (Å²) in [6, 6.07) is 7.37. The molecule has 2 rings (SSSR count). The van der Waals surface area contributed by atoms with Crippen molar-refractivity contribution in [2.24, 2.45) is 0 Å². The minimum atomic E-state index is -0.265. The van der Waals surface area contributed by atoms with Crippen LogP contribution in [-0.4, -0.2) is 43.5 Å². The van der Waals surface area contributed by atoms with Crippen LogP contribution < -0.4 is 10.1 Å². The summed E-state index contributed by atoms with van der Waals surface area (Å²) in [6.45, 7) is 1.67. The molecule has 1 N–H and O–H groups in total. The Balaban J connectivity index is 1.77. The monoisotopic (exact) mass is 288 g/mol. The van der Waals surface area contributed by atoms with Crippen molar-refractivity contribution in [1.82, 2.24) is 10.2 Å². The topological polar surface area (TPSA) is 58.6 Å². The summed E-state index contributed by atoms with van der Waals surface area (Å²) < 4.78 is 5.06. The first-order valence-corrected chi connectivity index (χ1v) is 7.07. The van der Waals surface area contributed by atoms with E-state index in [4.69, 9.17) is 4.74 Å². The lowest BCUT2D eigenvalue weighted by Crippen LogP contribution is -2.38. The molecule has 1 heterocycles. The molecule has 0 saturated carbocycles. The maximum absolute atomic E-state index is 11.8. The smallest absolute Gasteiger partial charge is 0.244 e. The van der Waals surface area contributed by atoms with Gasteiger partial charge in [-0.05, 0) is 36.6 Å². The summed E-state index contributed by atoms with van der Waals surface area (Å²) in [4.78, 5) is 25.2. The molecule has 0 bridgehead atoms. The fraction of sp³-hybridized carbons (Fsp3) is 0.375. The molecule has 5 heteroatoms. The zero-order valence-corrected chi connectivity index (χ0v) is 12.2. The molecule has 0 unspecified atom stereocenters. The van der Waals surface area contributed by atoms with Gasteiger partial charge < -0.3 is 15.0 Å². The lowest BCUT2D eigenvalue weighted by molar-refractivity contribution is -0.131. The van der Waals surface area contributed by atoms with E-state index in [2.05, 4.69) is 5.32 Å². The third-order valence-corrected chi connectivity index (χ3v) is 3.42. The van der Waals surface area contributed by atoms with E-state index in [0.29, 0.717) is 0 Å². The molecule has 1 aromatic carbocycles. The molecule has 5 nitrogen and oxygen atoms in total. The number of hydrogen-bond acceptors (Lipinski definition) is 3. The minimum Gasteiger partial charge on any atom is -0.497 e. The van der Waals surface area contributed by atoms with E-state index in [1.807, 2.05) is 24.3 Å². The highest BCUT2D eigenvalue weighted by atomic mass is 16.5. The molecule has 0 spiro atoms. The van der Waals surface area contributed by atoms with Crippen molar-refractivity contribution in [2.45, 2.75) is 12.8 Å². The fourth-order valence-electron chi connectivity index (χ4n) is 2.19. The van der Waals surface area contributed by atoms with Gasteiger partial charge in [0.25, 0.3) is 0 Å². The number of benzene rings is 1. The van der Waals surface area contributed by atoms with Crippen molar-refractivity contribution in [1.29, 1.82) is 0 Å². The average molecular weight is 288 g/mol. The van der Waals surface area contributed by atoms with E-state index in [-0.39, 0.29) is 18.4 Å². The lowest BCUT2D eigenvalue weighted by Gasteiger charge is -2.14. The number of methoxy groups -OCH3 is 1. The van der Waals surface area contributed by atoms with Crippen molar-refractivity contribution in [3.05, 3.63) is 35.9 Å². The number of rotatable bonds is 5. The first-order chi connectivity index (χ1) is 10.2. The molecule has 1 saturated heterocycles. The molecule has 0 aromatic heterocycles. The zero-order chi connectivity index (χ0) is 15.1. The number of nitrogens with one attached hydrogen (secondary N) is 1. The second-order valence-corrected chi connectivity index (χ2v) is 4.91. The molecule has 0 radical (unpaired) electrons. The largest absolute Gasteiger partial charge is 0.497 e. The van der Waals surface area contributed by atoms with Gasteiger partial charge in [0.1, 0.15) is 5.75 Å². The van der Waals surface area contributed by atoms with Gasteiger partial charge in [-0.2, -0.15) is 0 Å². The van der Waals surface area contributed by atoms with E-state index in [1.54, 1.807) is 18.1 Å². The molecule has 21 heavy (non-hydrogen) atoms. The molecule has 0 aliphatic carbocycles. The van der Waals surface area contributed by atoms with Gasteiger partial charge in [0.05, 0.1) is 13.7 Å². The summed E-state index contributed by atoms with van der Waals surface area (Å²) in [5.74, 6) is 0.491. The number of likely N-dealkylation sites (tertiary alicyclic amines) is 1. The van der Waals surface area contributed by atoms with Crippen LogP contribution in [0, 0.1) is 0 Å². The predicted octanol–water partition coefficient (Wildman–Crippen LogP) is 1.45. The summed E-state index contributed by atoms with van der Waals surface area (Å²) in [7, 11) is 1.61. The van der Waals surface area contributed by atoms with Crippen LogP contribution in [0.1, 0.15) is 18.4 Å². The van der Waals surface area contributed by atoms with E-state index in [9.17, 15) is 9.59 Å². The van der Waals surface area contributed by atoms with Gasteiger partial charge in [0.2, 0.25) is 11.8 Å². The highest BCUT2D eigenvalue weighted by molar-refractivity contribution is 5.94. The maximum atomic E-state index is 11.8. The minimum absolute atomic E-state index is 0.0151. The number of carbonyl (C=O) groups excluding carboxylic acids is 2. The van der Waals surface area contributed by atoms with Crippen LogP contribution in [0.2, 0.25) is 0 Å². The summed E-state index contributed by atoms with van der Waals surface area (Å²) in [5, 5.41) is 2.61. The van der Waals surface area contributed by atoms with Crippen LogP contribution in [-0.2, 0) is 9.59 Å². The molecular formula is C16H20N2O3. The zero-order valence-electron chi connectivity index (χ0n) is 12.2. The van der Waals surface area contributed by atoms with Gasteiger partial charge in [-0.15, -0.1) is 0 Å². The number of hydrogen-bond donors (Lipinski definition) is 1. The molecule has 112 valence electrons. The first kappa shape index (κ1) is 15.1. The highest BCUT2D eigenvalue weighted by Crippen LogP contribution is 2.12. The first-order valence-electron chi connectivity index (χ1n) is 7.07. The highest BCUT2D eigenvalue weighted by Gasteiger charge is 2.17. The van der Waals surface area contributed by atoms with Crippen LogP contribution >= 0.6 is 0 Å². The third-order valence-electron chi connectivity index (χ3n) is 3.42. The van der Waals surface area contributed by atoms with Crippen LogP contribution in [0.3, 0.4) is 0 Å². The third kappa shape index (κ3) is 4.63. The summed E-state index contributed by atoms with van der Waals surface area (Å²) in [6.07, 6.45) is 5.24. The Bertz CT molecular complexity index is 517. The molecule has 1 aliphatic rings. The quantitative estimate of drug-likeness (QED) is 0.834. The number of carbonyl (C=O) groups is 2. The summed E-state index contributed by atoms with van der Waals surface area (Å²) >= 11 is 0. The van der Waals surface area contributed by atoms with Gasteiger partial charge in [-0.1, -0.05) is 12.1 Å². The SMILES string of the molecule is COc1ccc(C=CC(=O)NCC(=O)N2CCCC2)cc1. The van der Waals surface area contributed by atoms with E-state index in [0.717, 1.165) is 37.2 Å². The molecule has 0 atom stereocenters. The lowest BCUT2D eigenvalue weighted by atomic mass is 10.2. The molecule has 1 aromatic rings. The molecule has 1 aliphatic heterocycles. The van der Waals surface area contributed by atoms with Crippen LogP contribution in [0.5, 0.6) is 5.75 Å². The van der Waals surface area contributed by atoms with Gasteiger partial charge >= 0.3 is 0 Å². The van der Waals surface area contributed by atoms with Crippen LogP contribution in [0.4, 0.5) is 0 Å². The number of ether oxygens (including phenoxy) is 1. The van der Waals surface area contributed by atoms with Crippen LogP contribution in [0.25, 0.3) is 6.08 Å². The van der Waals surface area contributed by atoms with Crippen molar-refractivity contribution in [3.8, 4) is 5.75 Å². The second-order valence-electron chi connectivity index (χ2n) is 4.91. The number of amides is 2. The molecule has 1 fully saturated rings. The van der Waals surface area contributed by atoms with E-state index in [1.165, 1.54) is 6.08 Å². The predicted molar refractivity (Wildman–Crippen MR) is 80.9 cm³/mol. The normalized spacial score (nSPS) is 14.4. The van der Waals surface area contributed by atoms with Crippen molar-refractivity contribution >= 4 is 17.9 Å². The second kappa shape index (κ2) is 7.47. The van der Waals surface area contributed by atoms with Gasteiger partial charge in [-0.3, -0.25) is 9.59 Å². The Kier molecular flexibility index (Phi) is 5.37. The van der Waals surface area contributed by atoms with Crippen molar-refractivity contribution in [2.75, 3.05) is 26.7 Å². The Morgan fingerprint density at radius 3 is 2.52 bits per heavy atom. The molecular weight excluding hydrogens is 268 g/mol. The van der Waals surface area contributed by atoms with Crippen molar-refractivity contribution < 1.29 is 14.3 Å².